The maximum absolute atomic E-state index is 9.35. The lowest BCUT2D eigenvalue weighted by molar-refractivity contribution is 0.357. The molecule has 1 heterocycles. The Labute approximate surface area is 75.0 Å². The largest absolute Gasteiger partial charge is 0.492 e. The van der Waals surface area contributed by atoms with Crippen LogP contribution in [0.5, 0.6) is 11.9 Å². The molecule has 0 atom stereocenters. The number of nitrogens with zero attached hydrogens (tertiary/aromatic N) is 2. The Hall–Kier alpha value is -0.970. The Morgan fingerprint density at radius 3 is 2.50 bits per heavy atom. The quantitative estimate of drug-likeness (QED) is 0.704. The molecule has 0 aliphatic heterocycles. The topological polar surface area (TPSA) is 55.2 Å². The van der Waals surface area contributed by atoms with E-state index < -0.39 is 0 Å². The van der Waals surface area contributed by atoms with Crippen molar-refractivity contribution >= 4 is 11.8 Å². The summed E-state index contributed by atoms with van der Waals surface area (Å²) < 4.78 is 4.78. The van der Waals surface area contributed by atoms with Crippen LogP contribution in [0, 0.1) is 6.92 Å². The third-order valence-electron chi connectivity index (χ3n) is 1.38. The SMILES string of the molecule is COc1nc(C)c(SC)c(O)n1. The van der Waals surface area contributed by atoms with E-state index in [1.807, 2.05) is 6.26 Å². The van der Waals surface area contributed by atoms with Crippen molar-refractivity contribution in [3.8, 4) is 11.9 Å². The van der Waals surface area contributed by atoms with Gasteiger partial charge in [-0.25, -0.2) is 0 Å². The Morgan fingerprint density at radius 2 is 2.08 bits per heavy atom. The number of aryl methyl sites for hydroxylation is 1. The fraction of sp³-hybridized carbons (Fsp3) is 0.429. The van der Waals surface area contributed by atoms with Gasteiger partial charge in [-0.3, -0.25) is 0 Å². The highest BCUT2D eigenvalue weighted by Gasteiger charge is 2.09. The van der Waals surface area contributed by atoms with Gasteiger partial charge in [0.25, 0.3) is 0 Å². The molecule has 0 amide bonds. The molecule has 4 nitrogen and oxygen atoms in total. The van der Waals surface area contributed by atoms with Gasteiger partial charge in [-0.2, -0.15) is 9.97 Å². The highest BCUT2D eigenvalue weighted by Crippen LogP contribution is 2.28. The molecule has 0 saturated heterocycles. The summed E-state index contributed by atoms with van der Waals surface area (Å²) >= 11 is 1.41. The lowest BCUT2D eigenvalue weighted by Gasteiger charge is -2.04. The van der Waals surface area contributed by atoms with Crippen LogP contribution in [0.2, 0.25) is 0 Å². The molecule has 0 spiro atoms. The molecule has 1 aromatic heterocycles. The van der Waals surface area contributed by atoms with Crippen LogP contribution >= 0.6 is 11.8 Å². The number of thioether (sulfide) groups is 1. The molecule has 0 aromatic carbocycles. The molecule has 12 heavy (non-hydrogen) atoms. The Morgan fingerprint density at radius 1 is 1.42 bits per heavy atom. The lowest BCUT2D eigenvalue weighted by atomic mass is 10.4. The minimum Gasteiger partial charge on any atom is -0.492 e. The summed E-state index contributed by atoms with van der Waals surface area (Å²) in [5, 5.41) is 9.35. The number of hydrogen-bond donors (Lipinski definition) is 1. The van der Waals surface area contributed by atoms with E-state index in [2.05, 4.69) is 9.97 Å². The molecule has 0 bridgehead atoms. The number of aromatic nitrogens is 2. The molecular weight excluding hydrogens is 176 g/mol. The average Bonchev–Trinajstić information content (AvgIpc) is 2.03. The van der Waals surface area contributed by atoms with Crippen LogP contribution in [0.15, 0.2) is 4.90 Å². The van der Waals surface area contributed by atoms with Crippen molar-refractivity contribution in [2.45, 2.75) is 11.8 Å². The molecule has 0 radical (unpaired) electrons. The number of methoxy groups -OCH3 is 1. The molecular formula is C7H10N2O2S. The van der Waals surface area contributed by atoms with Crippen LogP contribution in [0.3, 0.4) is 0 Å². The third-order valence-corrected chi connectivity index (χ3v) is 2.27. The molecule has 1 rings (SSSR count). The standard InChI is InChI=1S/C7H10N2O2S/c1-4-5(12-3)6(10)9-7(8-4)11-2/h1-3H3,(H,8,9,10). The fourth-order valence-corrected chi connectivity index (χ4v) is 1.42. The van der Waals surface area contributed by atoms with Crippen LogP contribution in [0.1, 0.15) is 5.69 Å². The zero-order chi connectivity index (χ0) is 9.14. The fourth-order valence-electron chi connectivity index (χ4n) is 0.853. The second kappa shape index (κ2) is 3.62. The van der Waals surface area contributed by atoms with Crippen LogP contribution in [-0.2, 0) is 0 Å². The monoisotopic (exact) mass is 186 g/mol. The van der Waals surface area contributed by atoms with Gasteiger partial charge in [0.05, 0.1) is 17.7 Å². The van der Waals surface area contributed by atoms with Gasteiger partial charge >= 0.3 is 6.01 Å². The van der Waals surface area contributed by atoms with Crippen molar-refractivity contribution < 1.29 is 9.84 Å². The predicted molar refractivity (Wildman–Crippen MR) is 46.8 cm³/mol. The maximum Gasteiger partial charge on any atom is 0.319 e. The summed E-state index contributed by atoms with van der Waals surface area (Å²) in [4.78, 5) is 8.42. The van der Waals surface area contributed by atoms with Gasteiger partial charge in [0.15, 0.2) is 0 Å². The molecule has 0 aliphatic rings. The first-order valence-electron chi connectivity index (χ1n) is 3.34. The molecule has 5 heteroatoms. The lowest BCUT2D eigenvalue weighted by Crippen LogP contribution is -1.95. The van der Waals surface area contributed by atoms with E-state index in [1.165, 1.54) is 18.9 Å². The summed E-state index contributed by atoms with van der Waals surface area (Å²) in [5.41, 5.74) is 0.729. The van der Waals surface area contributed by atoms with Gasteiger partial charge in [0, 0.05) is 0 Å². The summed E-state index contributed by atoms with van der Waals surface area (Å²) in [6.45, 7) is 1.80. The van der Waals surface area contributed by atoms with Crippen molar-refractivity contribution in [1.29, 1.82) is 0 Å². The van der Waals surface area contributed by atoms with E-state index in [1.54, 1.807) is 6.92 Å². The number of ether oxygens (including phenoxy) is 1. The molecule has 0 fully saturated rings. The second-order valence-corrected chi connectivity index (χ2v) is 2.97. The van der Waals surface area contributed by atoms with Crippen molar-refractivity contribution in [3.63, 3.8) is 0 Å². The van der Waals surface area contributed by atoms with E-state index in [0.29, 0.717) is 4.90 Å². The Balaban J connectivity index is 3.18. The van der Waals surface area contributed by atoms with Crippen molar-refractivity contribution in [2.75, 3.05) is 13.4 Å². The van der Waals surface area contributed by atoms with Gasteiger partial charge in [-0.1, -0.05) is 0 Å². The first-order valence-corrected chi connectivity index (χ1v) is 4.57. The summed E-state index contributed by atoms with van der Waals surface area (Å²) in [5.74, 6) is -0.0214. The minimum absolute atomic E-state index is 0.0214. The number of aromatic hydroxyl groups is 1. The van der Waals surface area contributed by atoms with Crippen LogP contribution < -0.4 is 4.74 Å². The molecule has 1 N–H and O–H groups in total. The average molecular weight is 186 g/mol. The first kappa shape index (κ1) is 9.12. The minimum atomic E-state index is -0.0214. The van der Waals surface area contributed by atoms with E-state index in [0.717, 1.165) is 5.69 Å². The molecule has 0 aliphatic carbocycles. The normalized spacial score (nSPS) is 9.92. The van der Waals surface area contributed by atoms with E-state index in [4.69, 9.17) is 4.74 Å². The van der Waals surface area contributed by atoms with Gasteiger partial charge in [-0.05, 0) is 13.2 Å². The molecule has 0 saturated carbocycles. The first-order chi connectivity index (χ1) is 5.69. The molecule has 1 aromatic rings. The zero-order valence-corrected chi connectivity index (χ0v) is 7.97. The number of hydrogen-bond acceptors (Lipinski definition) is 5. The highest BCUT2D eigenvalue weighted by molar-refractivity contribution is 7.98. The number of rotatable bonds is 2. The summed E-state index contributed by atoms with van der Waals surface area (Å²) in [7, 11) is 1.47. The zero-order valence-electron chi connectivity index (χ0n) is 7.16. The van der Waals surface area contributed by atoms with Gasteiger partial charge in [0.2, 0.25) is 5.88 Å². The van der Waals surface area contributed by atoms with Crippen molar-refractivity contribution in [2.24, 2.45) is 0 Å². The van der Waals surface area contributed by atoms with E-state index in [-0.39, 0.29) is 11.9 Å². The maximum atomic E-state index is 9.35. The van der Waals surface area contributed by atoms with Gasteiger partial charge in [0.1, 0.15) is 0 Å². The Bertz CT molecular complexity index is 268. The predicted octanol–water partition coefficient (Wildman–Crippen LogP) is 1.22. The van der Waals surface area contributed by atoms with Crippen LogP contribution in [0.4, 0.5) is 0 Å². The van der Waals surface area contributed by atoms with Crippen molar-refractivity contribution in [3.05, 3.63) is 5.69 Å². The smallest absolute Gasteiger partial charge is 0.319 e. The van der Waals surface area contributed by atoms with E-state index in [9.17, 15) is 5.11 Å². The van der Waals surface area contributed by atoms with Gasteiger partial charge < -0.3 is 9.84 Å². The third kappa shape index (κ3) is 1.61. The molecule has 0 unspecified atom stereocenters. The molecule has 66 valence electrons. The summed E-state index contributed by atoms with van der Waals surface area (Å²) in [6, 6.07) is 0.197. The Kier molecular flexibility index (Phi) is 2.75. The summed E-state index contributed by atoms with van der Waals surface area (Å²) in [6.07, 6.45) is 1.86. The van der Waals surface area contributed by atoms with Crippen LogP contribution in [-0.4, -0.2) is 28.4 Å². The van der Waals surface area contributed by atoms with Gasteiger partial charge in [-0.15, -0.1) is 11.8 Å². The second-order valence-electron chi connectivity index (χ2n) is 2.15. The highest BCUT2D eigenvalue weighted by atomic mass is 32.2. The van der Waals surface area contributed by atoms with E-state index >= 15 is 0 Å². The van der Waals surface area contributed by atoms with Crippen LogP contribution in [0.25, 0.3) is 0 Å². The van der Waals surface area contributed by atoms with Crippen molar-refractivity contribution in [1.82, 2.24) is 9.97 Å².